The Balaban J connectivity index is 1.55. The minimum Gasteiger partial charge on any atom is -0.493 e. The molecule has 2 fully saturated rings. The lowest BCUT2D eigenvalue weighted by Crippen LogP contribution is -2.31. The summed E-state index contributed by atoms with van der Waals surface area (Å²) in [5.74, 6) is 1.37. The molecule has 1 saturated heterocycles. The van der Waals surface area contributed by atoms with E-state index in [1.807, 2.05) is 6.07 Å². The van der Waals surface area contributed by atoms with Crippen molar-refractivity contribution in [2.45, 2.75) is 37.8 Å². The zero-order valence-electron chi connectivity index (χ0n) is 11.5. The Morgan fingerprint density at radius 3 is 3.00 bits per heavy atom. The van der Waals surface area contributed by atoms with Crippen LogP contribution in [-0.2, 0) is 6.42 Å². The van der Waals surface area contributed by atoms with Gasteiger partial charge in [0.15, 0.2) is 0 Å². The smallest absolute Gasteiger partial charge is 0.130 e. The van der Waals surface area contributed by atoms with Gasteiger partial charge in [0, 0.05) is 31.5 Å². The minimum atomic E-state index is -0.412. The van der Waals surface area contributed by atoms with Crippen LogP contribution < -0.4 is 4.74 Å². The van der Waals surface area contributed by atoms with Gasteiger partial charge in [-0.05, 0) is 42.4 Å². The summed E-state index contributed by atoms with van der Waals surface area (Å²) >= 11 is 0. The molecule has 4 rings (SSSR count). The molecule has 108 valence electrons. The van der Waals surface area contributed by atoms with Crippen molar-refractivity contribution in [1.82, 2.24) is 4.90 Å². The third kappa shape index (κ3) is 2.21. The predicted octanol–water partition coefficient (Wildman–Crippen LogP) is 2.28. The van der Waals surface area contributed by atoms with Gasteiger partial charge in [-0.2, -0.15) is 0 Å². The highest BCUT2D eigenvalue weighted by Gasteiger charge is 2.36. The van der Waals surface area contributed by atoms with Gasteiger partial charge in [0.2, 0.25) is 0 Å². The molecule has 4 heteroatoms. The zero-order valence-corrected chi connectivity index (χ0v) is 11.5. The summed E-state index contributed by atoms with van der Waals surface area (Å²) in [6, 6.07) is 3.48. The van der Waals surface area contributed by atoms with Crippen LogP contribution in [0.4, 0.5) is 4.39 Å². The van der Waals surface area contributed by atoms with Gasteiger partial charge < -0.3 is 9.84 Å². The summed E-state index contributed by atoms with van der Waals surface area (Å²) in [6.45, 7) is 2.39. The molecule has 20 heavy (non-hydrogen) atoms. The van der Waals surface area contributed by atoms with Crippen LogP contribution in [0.25, 0.3) is 0 Å². The fourth-order valence-electron chi connectivity index (χ4n) is 3.47. The van der Waals surface area contributed by atoms with E-state index in [0.717, 1.165) is 36.6 Å². The van der Waals surface area contributed by atoms with E-state index < -0.39 is 6.23 Å². The minimum absolute atomic E-state index is 0.106. The fraction of sp³-hybridized carbons (Fsp3) is 0.625. The first kappa shape index (κ1) is 12.6. The number of aliphatic hydroxyl groups excluding tert-OH is 1. The highest BCUT2D eigenvalue weighted by molar-refractivity contribution is 5.42. The first-order chi connectivity index (χ1) is 9.70. The molecule has 1 aliphatic carbocycles. The Kier molecular flexibility index (Phi) is 2.97. The molecule has 2 heterocycles. The topological polar surface area (TPSA) is 32.7 Å². The van der Waals surface area contributed by atoms with Crippen molar-refractivity contribution in [2.75, 3.05) is 19.7 Å². The quantitative estimate of drug-likeness (QED) is 0.920. The Morgan fingerprint density at radius 2 is 2.20 bits per heavy atom. The fourth-order valence-corrected chi connectivity index (χ4v) is 3.47. The lowest BCUT2D eigenvalue weighted by Gasteiger charge is -2.19. The first-order valence-electron chi connectivity index (χ1n) is 7.58. The number of likely N-dealkylation sites (tertiary alicyclic amines) is 1. The number of nitrogens with zero attached hydrogens (tertiary/aromatic N) is 1. The Bertz CT molecular complexity index is 529. The van der Waals surface area contributed by atoms with Crippen molar-refractivity contribution in [2.24, 2.45) is 5.92 Å². The van der Waals surface area contributed by atoms with E-state index in [9.17, 15) is 9.50 Å². The third-order valence-corrected chi connectivity index (χ3v) is 4.81. The monoisotopic (exact) mass is 277 g/mol. The van der Waals surface area contributed by atoms with Gasteiger partial charge in [-0.1, -0.05) is 0 Å². The van der Waals surface area contributed by atoms with Gasteiger partial charge in [-0.3, -0.25) is 4.90 Å². The molecule has 0 radical (unpaired) electrons. The Hall–Kier alpha value is -1.13. The number of halogens is 1. The van der Waals surface area contributed by atoms with E-state index in [1.165, 1.54) is 18.9 Å². The number of benzene rings is 1. The van der Waals surface area contributed by atoms with E-state index in [0.29, 0.717) is 18.8 Å². The maximum Gasteiger partial charge on any atom is 0.130 e. The molecule has 0 bridgehead atoms. The summed E-state index contributed by atoms with van der Waals surface area (Å²) in [5.41, 5.74) is 1.86. The molecule has 1 aromatic carbocycles. The zero-order chi connectivity index (χ0) is 13.7. The second-order valence-corrected chi connectivity index (χ2v) is 6.39. The highest BCUT2D eigenvalue weighted by atomic mass is 19.1. The summed E-state index contributed by atoms with van der Waals surface area (Å²) in [5, 5.41) is 10.2. The summed E-state index contributed by atoms with van der Waals surface area (Å²) in [6.07, 6.45) is 3.65. The van der Waals surface area contributed by atoms with Gasteiger partial charge >= 0.3 is 0 Å². The van der Waals surface area contributed by atoms with Crippen LogP contribution in [0.5, 0.6) is 5.75 Å². The molecular formula is C16H20FNO2. The molecule has 1 unspecified atom stereocenters. The average molecular weight is 277 g/mol. The van der Waals surface area contributed by atoms with Gasteiger partial charge in [-0.25, -0.2) is 4.39 Å². The van der Waals surface area contributed by atoms with Crippen molar-refractivity contribution in [3.63, 3.8) is 0 Å². The molecular weight excluding hydrogens is 257 g/mol. The molecule has 1 aromatic rings. The number of hydrogen-bond donors (Lipinski definition) is 1. The first-order valence-corrected chi connectivity index (χ1v) is 7.58. The van der Waals surface area contributed by atoms with Gasteiger partial charge in [0.25, 0.3) is 0 Å². The van der Waals surface area contributed by atoms with Gasteiger partial charge in [0.05, 0.1) is 6.61 Å². The van der Waals surface area contributed by atoms with E-state index in [4.69, 9.17) is 4.74 Å². The van der Waals surface area contributed by atoms with Crippen LogP contribution in [0, 0.1) is 11.7 Å². The third-order valence-electron chi connectivity index (χ3n) is 4.81. The molecule has 0 spiro atoms. The van der Waals surface area contributed by atoms with Crippen molar-refractivity contribution < 1.29 is 14.2 Å². The summed E-state index contributed by atoms with van der Waals surface area (Å²) < 4.78 is 19.6. The maximum atomic E-state index is 14.2. The van der Waals surface area contributed by atoms with Crippen LogP contribution in [0.3, 0.4) is 0 Å². The summed E-state index contributed by atoms with van der Waals surface area (Å²) in [4.78, 5) is 2.12. The number of ether oxygens (including phenoxy) is 1. The second-order valence-electron chi connectivity index (χ2n) is 6.39. The number of hydrogen-bond acceptors (Lipinski definition) is 3. The second kappa shape index (κ2) is 4.71. The van der Waals surface area contributed by atoms with Crippen molar-refractivity contribution >= 4 is 0 Å². The molecule has 0 amide bonds. The van der Waals surface area contributed by atoms with Crippen molar-refractivity contribution in [3.8, 4) is 5.75 Å². The van der Waals surface area contributed by atoms with E-state index in [1.54, 1.807) is 0 Å². The maximum absolute atomic E-state index is 14.2. The van der Waals surface area contributed by atoms with E-state index in [2.05, 4.69) is 4.90 Å². The van der Waals surface area contributed by atoms with Crippen LogP contribution in [0.1, 0.15) is 36.3 Å². The number of aliphatic hydroxyl groups is 1. The van der Waals surface area contributed by atoms with Crippen molar-refractivity contribution in [3.05, 3.63) is 29.1 Å². The van der Waals surface area contributed by atoms with E-state index in [-0.39, 0.29) is 11.7 Å². The normalized spacial score (nSPS) is 29.5. The molecule has 3 nitrogen and oxygen atoms in total. The molecule has 3 aliphatic rings. The van der Waals surface area contributed by atoms with Crippen LogP contribution in [-0.4, -0.2) is 35.9 Å². The largest absolute Gasteiger partial charge is 0.493 e. The van der Waals surface area contributed by atoms with Crippen LogP contribution in [0.15, 0.2) is 12.1 Å². The standard InChI is InChI=1S/C16H20FNO2/c17-14-7-15-11(3-4-20-15)5-13(14)12-6-16(19)18(9-12)8-10-1-2-10/h5,7,10,12,16,19H,1-4,6,8-9H2/t12-,16?/m0/s1. The number of rotatable bonds is 3. The number of fused-ring (bicyclic) bond motifs is 1. The molecule has 1 saturated carbocycles. The van der Waals surface area contributed by atoms with Gasteiger partial charge in [-0.15, -0.1) is 0 Å². The predicted molar refractivity (Wildman–Crippen MR) is 73.3 cm³/mol. The Morgan fingerprint density at radius 1 is 1.35 bits per heavy atom. The van der Waals surface area contributed by atoms with Crippen LogP contribution in [0.2, 0.25) is 0 Å². The lowest BCUT2D eigenvalue weighted by atomic mass is 9.95. The van der Waals surface area contributed by atoms with Crippen LogP contribution >= 0.6 is 0 Å². The van der Waals surface area contributed by atoms with Crippen molar-refractivity contribution in [1.29, 1.82) is 0 Å². The Labute approximate surface area is 118 Å². The molecule has 2 aliphatic heterocycles. The molecule has 0 aromatic heterocycles. The lowest BCUT2D eigenvalue weighted by molar-refractivity contribution is 0.0352. The summed E-state index contributed by atoms with van der Waals surface area (Å²) in [7, 11) is 0. The van der Waals surface area contributed by atoms with Gasteiger partial charge in [0.1, 0.15) is 17.8 Å². The molecule has 2 atom stereocenters. The van der Waals surface area contributed by atoms with E-state index >= 15 is 0 Å². The SMILES string of the molecule is OC1C[C@H](c2cc3c(cc2F)OCC3)CN1CC1CC1. The highest BCUT2D eigenvalue weighted by Crippen LogP contribution is 2.39. The average Bonchev–Trinajstić information content (AvgIpc) is 2.99. The molecule has 1 N–H and O–H groups in total.